The van der Waals surface area contributed by atoms with Gasteiger partial charge in [0.25, 0.3) is 0 Å². The first-order chi connectivity index (χ1) is 9.34. The summed E-state index contributed by atoms with van der Waals surface area (Å²) in [5, 5.41) is 12.3. The van der Waals surface area contributed by atoms with Crippen molar-refractivity contribution in [3.8, 4) is 0 Å². The van der Waals surface area contributed by atoms with Crippen molar-refractivity contribution in [2.75, 3.05) is 6.54 Å². The van der Waals surface area contributed by atoms with Crippen molar-refractivity contribution in [2.45, 2.75) is 65.0 Å². The minimum atomic E-state index is 0.859. The summed E-state index contributed by atoms with van der Waals surface area (Å²) in [5.74, 6) is 4.07. The average molecular weight is 262 g/mol. The highest BCUT2D eigenvalue weighted by Crippen LogP contribution is 2.28. The monoisotopic (exact) mass is 262 g/mol. The zero-order valence-electron chi connectivity index (χ0n) is 12.1. The van der Waals surface area contributed by atoms with Gasteiger partial charge >= 0.3 is 0 Å². The molecule has 1 aromatic rings. The minimum Gasteiger partial charge on any atom is -0.314 e. The average Bonchev–Trinajstić information content (AvgIpc) is 2.85. The molecule has 0 spiro atoms. The van der Waals surface area contributed by atoms with Gasteiger partial charge in [0.2, 0.25) is 0 Å². The molecule has 0 radical (unpaired) electrons. The van der Waals surface area contributed by atoms with E-state index in [4.69, 9.17) is 0 Å². The number of hydrogen-bond donors (Lipinski definition) is 1. The third-order valence-electron chi connectivity index (χ3n) is 4.91. The largest absolute Gasteiger partial charge is 0.314 e. The lowest BCUT2D eigenvalue weighted by Crippen LogP contribution is -2.30. The smallest absolute Gasteiger partial charge is 0.147 e. The van der Waals surface area contributed by atoms with Crippen LogP contribution in [0.15, 0.2) is 0 Å². The van der Waals surface area contributed by atoms with E-state index in [0.717, 1.165) is 43.7 Å². The lowest BCUT2D eigenvalue weighted by atomic mass is 9.80. The summed E-state index contributed by atoms with van der Waals surface area (Å²) in [6.45, 7) is 5.54. The molecular formula is C15H26N4. The van der Waals surface area contributed by atoms with Gasteiger partial charge in [0, 0.05) is 13.0 Å². The Morgan fingerprint density at radius 2 is 2.05 bits per heavy atom. The quantitative estimate of drug-likeness (QED) is 0.906. The van der Waals surface area contributed by atoms with Gasteiger partial charge in [-0.1, -0.05) is 26.2 Å². The fourth-order valence-corrected chi connectivity index (χ4v) is 3.56. The van der Waals surface area contributed by atoms with Crippen LogP contribution in [-0.2, 0) is 19.5 Å². The van der Waals surface area contributed by atoms with Crippen molar-refractivity contribution in [2.24, 2.45) is 11.8 Å². The van der Waals surface area contributed by atoms with E-state index in [1.165, 1.54) is 44.3 Å². The van der Waals surface area contributed by atoms with Gasteiger partial charge in [0.1, 0.15) is 11.6 Å². The molecule has 4 nitrogen and oxygen atoms in total. The molecule has 0 saturated heterocycles. The molecule has 3 rings (SSSR count). The number of nitrogens with one attached hydrogen (secondary N) is 1. The van der Waals surface area contributed by atoms with E-state index >= 15 is 0 Å². The molecule has 2 atom stereocenters. The van der Waals surface area contributed by atoms with Crippen LogP contribution in [0.1, 0.15) is 57.1 Å². The highest BCUT2D eigenvalue weighted by molar-refractivity contribution is 4.98. The Kier molecular flexibility index (Phi) is 4.16. The van der Waals surface area contributed by atoms with Gasteiger partial charge in [-0.25, -0.2) is 0 Å². The van der Waals surface area contributed by atoms with Crippen molar-refractivity contribution >= 4 is 0 Å². The third-order valence-corrected chi connectivity index (χ3v) is 4.91. The van der Waals surface area contributed by atoms with Gasteiger partial charge in [0.15, 0.2) is 0 Å². The second-order valence-corrected chi connectivity index (χ2v) is 6.29. The zero-order chi connectivity index (χ0) is 13.1. The first-order valence-electron chi connectivity index (χ1n) is 7.96. The molecule has 2 unspecified atom stereocenters. The number of nitrogens with zero attached hydrogens (tertiary/aromatic N) is 3. The number of hydrogen-bond acceptors (Lipinski definition) is 3. The molecule has 106 valence electrons. The van der Waals surface area contributed by atoms with Crippen LogP contribution in [-0.4, -0.2) is 21.3 Å². The van der Waals surface area contributed by atoms with Crippen LogP contribution in [0.3, 0.4) is 0 Å². The fraction of sp³-hybridized carbons (Fsp3) is 0.867. The normalized spacial score (nSPS) is 27.2. The summed E-state index contributed by atoms with van der Waals surface area (Å²) in [7, 11) is 0. The molecule has 2 aliphatic rings. The molecule has 1 N–H and O–H groups in total. The van der Waals surface area contributed by atoms with Crippen LogP contribution in [0, 0.1) is 11.8 Å². The van der Waals surface area contributed by atoms with Crippen LogP contribution in [0.25, 0.3) is 0 Å². The molecule has 0 aromatic carbocycles. The van der Waals surface area contributed by atoms with E-state index < -0.39 is 0 Å². The Balaban J connectivity index is 1.51. The Bertz CT molecular complexity index is 412. The molecule has 0 amide bonds. The van der Waals surface area contributed by atoms with Crippen molar-refractivity contribution < 1.29 is 0 Å². The second kappa shape index (κ2) is 6.04. The first kappa shape index (κ1) is 13.1. The topological polar surface area (TPSA) is 42.7 Å². The maximum absolute atomic E-state index is 4.35. The standard InChI is InChI=1S/C15H26N4/c1-12-6-2-3-7-13(12)10-16-11-15-18-17-14-8-4-5-9-19(14)15/h12-13,16H,2-11H2,1H3. The molecule has 4 heteroatoms. The molecule has 1 fully saturated rings. The van der Waals surface area contributed by atoms with E-state index in [-0.39, 0.29) is 0 Å². The Hall–Kier alpha value is -0.900. The van der Waals surface area contributed by atoms with Crippen molar-refractivity contribution in [1.82, 2.24) is 20.1 Å². The van der Waals surface area contributed by atoms with Crippen molar-refractivity contribution in [3.05, 3.63) is 11.6 Å². The van der Waals surface area contributed by atoms with E-state index in [1.54, 1.807) is 0 Å². The number of fused-ring (bicyclic) bond motifs is 1. The number of aromatic nitrogens is 3. The lowest BCUT2D eigenvalue weighted by molar-refractivity contribution is 0.246. The van der Waals surface area contributed by atoms with Gasteiger partial charge in [0.05, 0.1) is 6.54 Å². The van der Waals surface area contributed by atoms with Crippen LogP contribution in [0.4, 0.5) is 0 Å². The Morgan fingerprint density at radius 1 is 1.16 bits per heavy atom. The molecule has 1 aliphatic carbocycles. The van der Waals surface area contributed by atoms with E-state index in [1.807, 2.05) is 0 Å². The van der Waals surface area contributed by atoms with Gasteiger partial charge in [-0.2, -0.15) is 0 Å². The molecule has 0 bridgehead atoms. The molecular weight excluding hydrogens is 236 g/mol. The molecule has 1 saturated carbocycles. The van der Waals surface area contributed by atoms with Gasteiger partial charge in [-0.15, -0.1) is 10.2 Å². The first-order valence-corrected chi connectivity index (χ1v) is 7.96. The van der Waals surface area contributed by atoms with Crippen molar-refractivity contribution in [3.63, 3.8) is 0 Å². The van der Waals surface area contributed by atoms with Crippen LogP contribution >= 0.6 is 0 Å². The number of rotatable bonds is 4. The Morgan fingerprint density at radius 3 is 2.95 bits per heavy atom. The summed E-state index contributed by atoms with van der Waals surface area (Å²) < 4.78 is 2.32. The predicted octanol–water partition coefficient (Wildman–Crippen LogP) is 2.53. The SMILES string of the molecule is CC1CCCCC1CNCc1nnc2n1CCCC2. The highest BCUT2D eigenvalue weighted by atomic mass is 15.3. The van der Waals surface area contributed by atoms with Gasteiger partial charge < -0.3 is 9.88 Å². The van der Waals surface area contributed by atoms with E-state index in [0.29, 0.717) is 0 Å². The summed E-state index contributed by atoms with van der Waals surface area (Å²) in [5.41, 5.74) is 0. The summed E-state index contributed by atoms with van der Waals surface area (Å²) in [6, 6.07) is 0. The highest BCUT2D eigenvalue weighted by Gasteiger charge is 2.21. The fourth-order valence-electron chi connectivity index (χ4n) is 3.56. The van der Waals surface area contributed by atoms with Gasteiger partial charge in [-0.3, -0.25) is 0 Å². The minimum absolute atomic E-state index is 0.859. The van der Waals surface area contributed by atoms with Crippen LogP contribution in [0.5, 0.6) is 0 Å². The number of aryl methyl sites for hydroxylation is 1. The van der Waals surface area contributed by atoms with Crippen LogP contribution < -0.4 is 5.32 Å². The lowest BCUT2D eigenvalue weighted by Gasteiger charge is -2.28. The second-order valence-electron chi connectivity index (χ2n) is 6.29. The molecule has 2 heterocycles. The summed E-state index contributed by atoms with van der Waals surface area (Å²) in [6.07, 6.45) is 9.29. The predicted molar refractivity (Wildman–Crippen MR) is 75.8 cm³/mol. The van der Waals surface area contributed by atoms with E-state index in [9.17, 15) is 0 Å². The molecule has 1 aliphatic heterocycles. The van der Waals surface area contributed by atoms with Gasteiger partial charge in [-0.05, 0) is 37.6 Å². The van der Waals surface area contributed by atoms with Crippen LogP contribution in [0.2, 0.25) is 0 Å². The third kappa shape index (κ3) is 2.99. The zero-order valence-corrected chi connectivity index (χ0v) is 12.1. The Labute approximate surface area is 116 Å². The maximum atomic E-state index is 4.35. The van der Waals surface area contributed by atoms with Crippen molar-refractivity contribution in [1.29, 1.82) is 0 Å². The molecule has 19 heavy (non-hydrogen) atoms. The maximum Gasteiger partial charge on any atom is 0.147 e. The summed E-state index contributed by atoms with van der Waals surface area (Å²) in [4.78, 5) is 0. The summed E-state index contributed by atoms with van der Waals surface area (Å²) >= 11 is 0. The molecule has 1 aromatic heterocycles. The van der Waals surface area contributed by atoms with E-state index in [2.05, 4.69) is 27.0 Å².